The monoisotopic (exact) mass is 391 g/mol. The summed E-state index contributed by atoms with van der Waals surface area (Å²) in [5.41, 5.74) is 1.93. The highest BCUT2D eigenvalue weighted by Crippen LogP contribution is 2.28. The van der Waals surface area contributed by atoms with E-state index >= 15 is 0 Å². The van der Waals surface area contributed by atoms with E-state index in [1.807, 2.05) is 38.1 Å². The second-order valence-electron chi connectivity index (χ2n) is 5.71. The van der Waals surface area contributed by atoms with Crippen LogP contribution in [0.15, 0.2) is 47.4 Å². The molecule has 1 N–H and O–H groups in total. The summed E-state index contributed by atoms with van der Waals surface area (Å²) < 4.78 is 5.02. The summed E-state index contributed by atoms with van der Waals surface area (Å²) in [5, 5.41) is 3.35. The number of amides is 1. The molecule has 0 aliphatic rings. The molecule has 0 saturated heterocycles. The van der Waals surface area contributed by atoms with Crippen LogP contribution >= 0.6 is 23.4 Å². The van der Waals surface area contributed by atoms with Gasteiger partial charge in [-0.15, -0.1) is 11.8 Å². The van der Waals surface area contributed by atoms with E-state index < -0.39 is 5.97 Å². The van der Waals surface area contributed by atoms with Gasteiger partial charge in [-0.3, -0.25) is 4.79 Å². The maximum absolute atomic E-state index is 12.7. The van der Waals surface area contributed by atoms with Gasteiger partial charge < -0.3 is 10.1 Å². The Morgan fingerprint density at radius 3 is 2.46 bits per heavy atom. The van der Waals surface area contributed by atoms with Crippen LogP contribution in [0.2, 0.25) is 5.02 Å². The molecule has 0 radical (unpaired) electrons. The van der Waals surface area contributed by atoms with Gasteiger partial charge >= 0.3 is 5.97 Å². The quantitative estimate of drug-likeness (QED) is 0.511. The Morgan fingerprint density at radius 1 is 1.15 bits per heavy atom. The second kappa shape index (κ2) is 9.64. The molecule has 0 unspecified atom stereocenters. The first-order valence-corrected chi connectivity index (χ1v) is 9.71. The fourth-order valence-corrected chi connectivity index (χ4v) is 3.39. The molecule has 0 aliphatic heterocycles. The molecule has 0 saturated carbocycles. The summed E-state index contributed by atoms with van der Waals surface area (Å²) >= 11 is 7.39. The first kappa shape index (κ1) is 20.3. The number of aryl methyl sites for hydroxylation is 1. The van der Waals surface area contributed by atoms with Crippen molar-refractivity contribution in [2.45, 2.75) is 37.3 Å². The molecule has 0 aliphatic carbocycles. The zero-order chi connectivity index (χ0) is 19.1. The predicted octanol–water partition coefficient (Wildman–Crippen LogP) is 5.33. The summed E-state index contributed by atoms with van der Waals surface area (Å²) in [5.74, 6) is -0.498. The lowest BCUT2D eigenvalue weighted by Crippen LogP contribution is -2.25. The Bertz CT molecular complexity index is 777. The SMILES string of the molecule is CCOC(=O)c1ccc(C)c(NC(=O)[C@H](CC)Sc2ccc(Cl)cc2)c1. The molecule has 1 atom stereocenters. The number of carbonyl (C=O) groups is 2. The Balaban J connectivity index is 2.12. The largest absolute Gasteiger partial charge is 0.462 e. The summed E-state index contributed by atoms with van der Waals surface area (Å²) in [6, 6.07) is 12.6. The van der Waals surface area contributed by atoms with Gasteiger partial charge in [0, 0.05) is 15.6 Å². The van der Waals surface area contributed by atoms with Crippen molar-refractivity contribution in [2.24, 2.45) is 0 Å². The van der Waals surface area contributed by atoms with Gasteiger partial charge in [-0.2, -0.15) is 0 Å². The Morgan fingerprint density at radius 2 is 1.85 bits per heavy atom. The number of esters is 1. The Hall–Kier alpha value is -1.98. The van der Waals surface area contributed by atoms with E-state index in [9.17, 15) is 9.59 Å². The van der Waals surface area contributed by atoms with Crippen molar-refractivity contribution in [3.8, 4) is 0 Å². The minimum Gasteiger partial charge on any atom is -0.462 e. The van der Waals surface area contributed by atoms with E-state index in [4.69, 9.17) is 16.3 Å². The first-order valence-electron chi connectivity index (χ1n) is 8.45. The highest BCUT2D eigenvalue weighted by atomic mass is 35.5. The fourth-order valence-electron chi connectivity index (χ4n) is 2.31. The summed E-state index contributed by atoms with van der Waals surface area (Å²) in [6.07, 6.45) is 0.676. The van der Waals surface area contributed by atoms with Crippen LogP contribution in [-0.4, -0.2) is 23.7 Å². The van der Waals surface area contributed by atoms with Crippen LogP contribution in [0.3, 0.4) is 0 Å². The molecule has 0 spiro atoms. The van der Waals surface area contributed by atoms with Crippen LogP contribution in [0, 0.1) is 6.92 Å². The van der Waals surface area contributed by atoms with E-state index in [1.165, 1.54) is 11.8 Å². The molecule has 6 heteroatoms. The minimum absolute atomic E-state index is 0.100. The minimum atomic E-state index is -0.398. The molecular weight excluding hydrogens is 370 g/mol. The average Bonchev–Trinajstić information content (AvgIpc) is 2.63. The van der Waals surface area contributed by atoms with Gasteiger partial charge in [0.05, 0.1) is 17.4 Å². The molecule has 0 fully saturated rings. The number of ether oxygens (including phenoxy) is 1. The van der Waals surface area contributed by atoms with Crippen LogP contribution in [0.5, 0.6) is 0 Å². The van der Waals surface area contributed by atoms with Gasteiger partial charge in [0.15, 0.2) is 0 Å². The third-order valence-corrected chi connectivity index (χ3v) is 5.39. The van der Waals surface area contributed by atoms with Crippen LogP contribution in [-0.2, 0) is 9.53 Å². The van der Waals surface area contributed by atoms with Crippen molar-refractivity contribution in [1.29, 1.82) is 0 Å². The topological polar surface area (TPSA) is 55.4 Å². The molecule has 26 heavy (non-hydrogen) atoms. The number of halogens is 1. The molecule has 0 bridgehead atoms. The fraction of sp³-hybridized carbons (Fsp3) is 0.300. The van der Waals surface area contributed by atoms with Gasteiger partial charge in [-0.05, 0) is 62.2 Å². The third kappa shape index (κ3) is 5.51. The average molecular weight is 392 g/mol. The number of carbonyl (C=O) groups excluding carboxylic acids is 2. The first-order chi connectivity index (χ1) is 12.4. The van der Waals surface area contributed by atoms with Crippen LogP contribution in [0.1, 0.15) is 36.2 Å². The number of anilines is 1. The van der Waals surface area contributed by atoms with E-state index in [0.717, 1.165) is 10.5 Å². The summed E-state index contributed by atoms with van der Waals surface area (Å²) in [6.45, 7) is 5.92. The molecule has 0 aromatic heterocycles. The second-order valence-corrected chi connectivity index (χ2v) is 7.42. The number of thioether (sulfide) groups is 1. The van der Waals surface area contributed by atoms with Crippen LogP contribution < -0.4 is 5.32 Å². The number of benzene rings is 2. The van der Waals surface area contributed by atoms with Gasteiger partial charge in [-0.25, -0.2) is 4.79 Å². The molecule has 2 rings (SSSR count). The summed E-state index contributed by atoms with van der Waals surface area (Å²) in [7, 11) is 0. The van der Waals surface area contributed by atoms with Crippen molar-refractivity contribution >= 4 is 40.9 Å². The normalized spacial score (nSPS) is 11.7. The van der Waals surface area contributed by atoms with Gasteiger partial charge in [0.1, 0.15) is 0 Å². The van der Waals surface area contributed by atoms with E-state index in [-0.39, 0.29) is 11.2 Å². The van der Waals surface area contributed by atoms with E-state index in [2.05, 4.69) is 5.32 Å². The Kier molecular flexibility index (Phi) is 7.54. The molecule has 0 heterocycles. The van der Waals surface area contributed by atoms with Crippen LogP contribution in [0.25, 0.3) is 0 Å². The molecule has 1 amide bonds. The van der Waals surface area contributed by atoms with Crippen molar-refractivity contribution in [1.82, 2.24) is 0 Å². The van der Waals surface area contributed by atoms with Crippen LogP contribution in [0.4, 0.5) is 5.69 Å². The van der Waals surface area contributed by atoms with Gasteiger partial charge in [0.2, 0.25) is 5.91 Å². The zero-order valence-electron chi connectivity index (χ0n) is 15.0. The van der Waals surface area contributed by atoms with Crippen molar-refractivity contribution in [3.63, 3.8) is 0 Å². The van der Waals surface area contributed by atoms with Crippen molar-refractivity contribution in [2.75, 3.05) is 11.9 Å². The lowest BCUT2D eigenvalue weighted by Gasteiger charge is -2.16. The number of hydrogen-bond donors (Lipinski definition) is 1. The predicted molar refractivity (Wildman–Crippen MR) is 107 cm³/mol. The highest BCUT2D eigenvalue weighted by Gasteiger charge is 2.19. The highest BCUT2D eigenvalue weighted by molar-refractivity contribution is 8.00. The third-order valence-electron chi connectivity index (χ3n) is 3.76. The summed E-state index contributed by atoms with van der Waals surface area (Å²) in [4.78, 5) is 25.6. The number of nitrogens with one attached hydrogen (secondary N) is 1. The molecular formula is C20H22ClNO3S. The lowest BCUT2D eigenvalue weighted by atomic mass is 10.1. The Labute approximate surface area is 163 Å². The van der Waals surface area contributed by atoms with E-state index in [0.29, 0.717) is 29.3 Å². The maximum Gasteiger partial charge on any atom is 0.338 e. The number of hydrogen-bond acceptors (Lipinski definition) is 4. The van der Waals surface area contributed by atoms with E-state index in [1.54, 1.807) is 25.1 Å². The molecule has 2 aromatic carbocycles. The maximum atomic E-state index is 12.7. The zero-order valence-corrected chi connectivity index (χ0v) is 16.6. The molecule has 4 nitrogen and oxygen atoms in total. The lowest BCUT2D eigenvalue weighted by molar-refractivity contribution is -0.115. The molecule has 2 aromatic rings. The van der Waals surface area contributed by atoms with Gasteiger partial charge in [-0.1, -0.05) is 24.6 Å². The smallest absolute Gasteiger partial charge is 0.338 e. The molecule has 138 valence electrons. The van der Waals surface area contributed by atoms with Crippen molar-refractivity contribution in [3.05, 3.63) is 58.6 Å². The van der Waals surface area contributed by atoms with Crippen molar-refractivity contribution < 1.29 is 14.3 Å². The number of rotatable bonds is 7. The standard InChI is InChI=1S/C20H22ClNO3S/c1-4-18(26-16-10-8-15(21)9-11-16)19(23)22-17-12-14(7-6-13(17)3)20(24)25-5-2/h6-12,18H,4-5H2,1-3H3,(H,22,23)/t18-/m0/s1. The van der Waals surface area contributed by atoms with Gasteiger partial charge in [0.25, 0.3) is 0 Å².